The number of nitrogen functional groups attached to an aromatic ring is 1. The summed E-state index contributed by atoms with van der Waals surface area (Å²) in [6.45, 7) is 2.16. The summed E-state index contributed by atoms with van der Waals surface area (Å²) >= 11 is 3.34. The third-order valence-electron chi connectivity index (χ3n) is 2.52. The van der Waals surface area contributed by atoms with Gasteiger partial charge in [0.1, 0.15) is 5.75 Å². The van der Waals surface area contributed by atoms with Gasteiger partial charge in [-0.25, -0.2) is 10.8 Å². The van der Waals surface area contributed by atoms with Crippen molar-refractivity contribution in [3.8, 4) is 11.6 Å². The van der Waals surface area contributed by atoms with E-state index in [2.05, 4.69) is 50.4 Å². The number of nitrogens with two attached hydrogens (primary N) is 1. The van der Waals surface area contributed by atoms with Crippen LogP contribution in [0.25, 0.3) is 0 Å². The van der Waals surface area contributed by atoms with Gasteiger partial charge in [-0.3, -0.25) is 5.43 Å². The van der Waals surface area contributed by atoms with E-state index in [4.69, 9.17) is 10.6 Å². The minimum absolute atomic E-state index is 0.306. The summed E-state index contributed by atoms with van der Waals surface area (Å²) in [6, 6.07) is 7.95. The number of nitrogens with one attached hydrogen (secondary N) is 1. The number of rotatable bonds is 5. The quantitative estimate of drug-likeness (QED) is 0.653. The first-order valence-corrected chi connectivity index (χ1v) is 6.78. The number of aryl methyl sites for hydroxylation is 1. The molecule has 0 atom stereocenters. The van der Waals surface area contributed by atoms with E-state index >= 15 is 0 Å². The van der Waals surface area contributed by atoms with E-state index in [0.717, 1.165) is 18.6 Å². The fourth-order valence-electron chi connectivity index (χ4n) is 1.62. The smallest absolute Gasteiger partial charge is 0.240 e. The molecule has 0 aliphatic carbocycles. The van der Waals surface area contributed by atoms with Crippen molar-refractivity contribution in [2.45, 2.75) is 19.8 Å². The van der Waals surface area contributed by atoms with E-state index in [0.29, 0.717) is 16.3 Å². The van der Waals surface area contributed by atoms with Crippen LogP contribution in [0, 0.1) is 0 Å². The highest BCUT2D eigenvalue weighted by Crippen LogP contribution is 2.27. The highest BCUT2D eigenvalue weighted by Gasteiger charge is 2.07. The summed E-state index contributed by atoms with van der Waals surface area (Å²) in [5, 5.41) is 0. The number of nitrogens with zero attached hydrogens (tertiary/aromatic N) is 2. The van der Waals surface area contributed by atoms with E-state index in [1.165, 1.54) is 5.56 Å². The Bertz CT molecular complexity index is 545. The highest BCUT2D eigenvalue weighted by molar-refractivity contribution is 9.10. The number of anilines is 1. The van der Waals surface area contributed by atoms with Gasteiger partial charge in [0.05, 0.1) is 10.7 Å². The molecule has 0 fully saturated rings. The fraction of sp³-hybridized carbons (Fsp3) is 0.231. The minimum atomic E-state index is 0.306. The maximum absolute atomic E-state index is 5.69. The van der Waals surface area contributed by atoms with Crippen LogP contribution in [0.15, 0.2) is 34.9 Å². The second kappa shape index (κ2) is 6.49. The first-order valence-electron chi connectivity index (χ1n) is 5.99. The first kappa shape index (κ1) is 13.8. The number of hydrazine groups is 1. The number of aromatic nitrogens is 2. The number of halogens is 1. The number of benzene rings is 1. The van der Waals surface area contributed by atoms with Crippen molar-refractivity contribution in [3.63, 3.8) is 0 Å². The number of hydrogen-bond donors (Lipinski definition) is 2. The molecule has 0 saturated carbocycles. The van der Waals surface area contributed by atoms with Crippen molar-refractivity contribution < 1.29 is 4.74 Å². The summed E-state index contributed by atoms with van der Waals surface area (Å²) in [5.41, 5.74) is 3.68. The largest absolute Gasteiger partial charge is 0.438 e. The third-order valence-corrected chi connectivity index (χ3v) is 3.06. The van der Waals surface area contributed by atoms with Gasteiger partial charge in [-0.1, -0.05) is 25.5 Å². The summed E-state index contributed by atoms with van der Waals surface area (Å²) in [5.74, 6) is 6.72. The van der Waals surface area contributed by atoms with Crippen molar-refractivity contribution >= 4 is 21.9 Å². The summed E-state index contributed by atoms with van der Waals surface area (Å²) in [4.78, 5) is 8.09. The Morgan fingerprint density at radius 1 is 1.32 bits per heavy atom. The van der Waals surface area contributed by atoms with Crippen LogP contribution in [0.3, 0.4) is 0 Å². The van der Waals surface area contributed by atoms with Gasteiger partial charge in [0, 0.05) is 0 Å². The Balaban J connectivity index is 2.16. The molecular formula is C13H15BrN4O. The van der Waals surface area contributed by atoms with Crippen LogP contribution in [0.2, 0.25) is 0 Å². The van der Waals surface area contributed by atoms with Crippen LogP contribution >= 0.6 is 15.9 Å². The molecule has 2 aromatic rings. The molecule has 0 bridgehead atoms. The van der Waals surface area contributed by atoms with Crippen LogP contribution in [0.1, 0.15) is 18.9 Å². The van der Waals surface area contributed by atoms with Crippen LogP contribution < -0.4 is 16.0 Å². The molecule has 100 valence electrons. The van der Waals surface area contributed by atoms with Crippen LogP contribution in [0.5, 0.6) is 11.6 Å². The predicted octanol–water partition coefficient (Wildman–Crippen LogP) is 3.27. The lowest BCUT2D eigenvalue weighted by atomic mass is 10.1. The van der Waals surface area contributed by atoms with E-state index in [1.807, 2.05) is 12.1 Å². The lowest BCUT2D eigenvalue weighted by Gasteiger charge is -2.08. The third kappa shape index (κ3) is 3.65. The summed E-state index contributed by atoms with van der Waals surface area (Å²) in [6.07, 6.45) is 3.78. The maximum Gasteiger partial charge on any atom is 0.240 e. The van der Waals surface area contributed by atoms with Gasteiger partial charge in [-0.15, -0.1) is 0 Å². The molecule has 2 rings (SSSR count). The molecular weight excluding hydrogens is 308 g/mol. The van der Waals surface area contributed by atoms with Crippen LogP contribution in [-0.2, 0) is 6.42 Å². The van der Waals surface area contributed by atoms with Gasteiger partial charge in [-0.2, -0.15) is 4.98 Å². The highest BCUT2D eigenvalue weighted by atomic mass is 79.9. The molecule has 19 heavy (non-hydrogen) atoms. The normalized spacial score (nSPS) is 10.3. The average molecular weight is 323 g/mol. The SMILES string of the molecule is CCCc1ccc(Oc2nc(NN)ncc2Br)cc1. The maximum atomic E-state index is 5.69. The topological polar surface area (TPSA) is 73.1 Å². The Kier molecular flexibility index (Phi) is 4.70. The van der Waals surface area contributed by atoms with Gasteiger partial charge < -0.3 is 4.74 Å². The lowest BCUT2D eigenvalue weighted by molar-refractivity contribution is 0.458. The molecule has 3 N–H and O–H groups in total. The Morgan fingerprint density at radius 2 is 2.05 bits per heavy atom. The summed E-state index contributed by atoms with van der Waals surface area (Å²) < 4.78 is 6.36. The van der Waals surface area contributed by atoms with Gasteiger partial charge in [-0.05, 0) is 40.0 Å². The zero-order valence-electron chi connectivity index (χ0n) is 10.6. The molecule has 0 aliphatic rings. The zero-order valence-corrected chi connectivity index (χ0v) is 12.1. The molecule has 0 amide bonds. The molecule has 0 unspecified atom stereocenters. The van der Waals surface area contributed by atoms with Crippen molar-refractivity contribution in [1.82, 2.24) is 9.97 Å². The van der Waals surface area contributed by atoms with Crippen LogP contribution in [-0.4, -0.2) is 9.97 Å². The van der Waals surface area contributed by atoms with Gasteiger partial charge in [0.15, 0.2) is 0 Å². The van der Waals surface area contributed by atoms with Gasteiger partial charge in [0.25, 0.3) is 0 Å². The summed E-state index contributed by atoms with van der Waals surface area (Å²) in [7, 11) is 0. The molecule has 0 spiro atoms. The van der Waals surface area contributed by atoms with Gasteiger partial charge in [0.2, 0.25) is 11.8 Å². The standard InChI is InChI=1S/C13H15BrN4O/c1-2-3-9-4-6-10(7-5-9)19-12-11(14)8-16-13(17-12)18-15/h4-8H,2-3,15H2,1H3,(H,16,17,18). The number of ether oxygens (including phenoxy) is 1. The molecule has 0 radical (unpaired) electrons. The molecule has 6 heteroatoms. The second-order valence-electron chi connectivity index (χ2n) is 3.99. The van der Waals surface area contributed by atoms with E-state index in [-0.39, 0.29) is 0 Å². The van der Waals surface area contributed by atoms with Crippen molar-refractivity contribution in [3.05, 3.63) is 40.5 Å². The Hall–Kier alpha value is -1.66. The number of hydrogen-bond acceptors (Lipinski definition) is 5. The predicted molar refractivity (Wildman–Crippen MR) is 78.1 cm³/mol. The molecule has 0 aliphatic heterocycles. The van der Waals surface area contributed by atoms with E-state index in [9.17, 15) is 0 Å². The van der Waals surface area contributed by atoms with Gasteiger partial charge >= 0.3 is 0 Å². The molecule has 1 heterocycles. The Labute approximate surface area is 120 Å². The molecule has 5 nitrogen and oxygen atoms in total. The van der Waals surface area contributed by atoms with Crippen molar-refractivity contribution in [1.29, 1.82) is 0 Å². The van der Waals surface area contributed by atoms with Crippen molar-refractivity contribution in [2.75, 3.05) is 5.43 Å². The lowest BCUT2D eigenvalue weighted by Crippen LogP contribution is -2.10. The monoisotopic (exact) mass is 322 g/mol. The minimum Gasteiger partial charge on any atom is -0.438 e. The molecule has 1 aromatic carbocycles. The molecule has 0 saturated heterocycles. The average Bonchev–Trinajstić information content (AvgIpc) is 2.44. The van der Waals surface area contributed by atoms with E-state index < -0.39 is 0 Å². The first-order chi connectivity index (χ1) is 9.22. The fourth-order valence-corrected chi connectivity index (χ4v) is 1.89. The molecule has 1 aromatic heterocycles. The second-order valence-corrected chi connectivity index (χ2v) is 4.84. The van der Waals surface area contributed by atoms with Crippen LogP contribution in [0.4, 0.5) is 5.95 Å². The van der Waals surface area contributed by atoms with E-state index in [1.54, 1.807) is 6.20 Å². The Morgan fingerprint density at radius 3 is 2.68 bits per heavy atom. The van der Waals surface area contributed by atoms with Crippen molar-refractivity contribution in [2.24, 2.45) is 5.84 Å². The zero-order chi connectivity index (χ0) is 13.7.